The number of aromatic nitrogens is 1. The molecule has 0 aromatic carbocycles. The number of carbonyl (C=O) groups is 3. The van der Waals surface area contributed by atoms with Crippen LogP contribution in [-0.2, 0) is 20.7 Å². The maximum atomic E-state index is 12.9. The van der Waals surface area contributed by atoms with Crippen LogP contribution >= 0.6 is 11.3 Å². The number of amides is 2. The minimum atomic E-state index is -0.605. The molecule has 1 aromatic rings. The van der Waals surface area contributed by atoms with E-state index in [0.717, 1.165) is 0 Å². The third-order valence-electron chi connectivity index (χ3n) is 5.26. The highest BCUT2D eigenvalue weighted by molar-refractivity contribution is 7.13. The highest BCUT2D eigenvalue weighted by Gasteiger charge is 2.51. The Morgan fingerprint density at radius 1 is 1.30 bits per heavy atom. The number of nitrogens with one attached hydrogen (secondary N) is 1. The van der Waals surface area contributed by atoms with E-state index < -0.39 is 22.6 Å². The van der Waals surface area contributed by atoms with Gasteiger partial charge in [-0.15, -0.1) is 11.3 Å². The van der Waals surface area contributed by atoms with Crippen LogP contribution in [0.25, 0.3) is 0 Å². The van der Waals surface area contributed by atoms with Gasteiger partial charge in [0.2, 0.25) is 5.91 Å². The Hall–Kier alpha value is -1.96. The molecule has 0 unspecified atom stereocenters. The Morgan fingerprint density at radius 3 is 2.52 bits per heavy atom. The molecule has 1 aliphatic heterocycles. The molecular weight excluding hydrogens is 366 g/mol. The van der Waals surface area contributed by atoms with Gasteiger partial charge in [0.25, 0.3) is 0 Å². The molecule has 1 N–H and O–H groups in total. The zero-order chi connectivity index (χ0) is 20.6. The number of ether oxygens (including phenoxy) is 1. The molecule has 0 bridgehead atoms. The zero-order valence-corrected chi connectivity index (χ0v) is 18.0. The molecule has 0 spiro atoms. The van der Waals surface area contributed by atoms with Crippen LogP contribution in [0, 0.1) is 5.41 Å². The average molecular weight is 396 g/mol. The smallest absolute Gasteiger partial charge is 0.413 e. The maximum absolute atomic E-state index is 12.9. The lowest BCUT2D eigenvalue weighted by Crippen LogP contribution is -2.63. The summed E-state index contributed by atoms with van der Waals surface area (Å²) in [5.74, 6) is 0.101. The molecule has 2 amide bonds. The summed E-state index contributed by atoms with van der Waals surface area (Å²) >= 11 is 1.24. The van der Waals surface area contributed by atoms with Gasteiger partial charge in [0.15, 0.2) is 5.13 Å². The summed E-state index contributed by atoms with van der Waals surface area (Å²) in [4.78, 5) is 43.0. The monoisotopic (exact) mass is 395 g/mol. The van der Waals surface area contributed by atoms with Crippen LogP contribution in [0.5, 0.6) is 0 Å². The normalized spacial score (nSPS) is 18.9. The Kier molecular flexibility index (Phi) is 5.71. The number of anilines is 1. The largest absolute Gasteiger partial charge is 0.444 e. The van der Waals surface area contributed by atoms with Crippen LogP contribution in [0.1, 0.15) is 60.6 Å². The van der Waals surface area contributed by atoms with Crippen LogP contribution in [-0.4, -0.2) is 45.4 Å². The number of likely N-dealkylation sites (tertiary alicyclic amines) is 1. The first-order chi connectivity index (χ1) is 12.2. The molecule has 1 aromatic heterocycles. The molecule has 1 aliphatic rings. The second-order valence-corrected chi connectivity index (χ2v) is 9.71. The third-order valence-corrected chi connectivity index (χ3v) is 6.06. The van der Waals surface area contributed by atoms with Gasteiger partial charge in [-0.3, -0.25) is 14.9 Å². The molecule has 0 aliphatic carbocycles. The Morgan fingerprint density at radius 2 is 1.93 bits per heavy atom. The fraction of sp³-hybridized carbons (Fsp3) is 0.684. The second-order valence-electron chi connectivity index (χ2n) is 8.85. The van der Waals surface area contributed by atoms with E-state index >= 15 is 0 Å². The summed E-state index contributed by atoms with van der Waals surface area (Å²) in [6.45, 7) is 13.4. The molecule has 27 heavy (non-hydrogen) atoms. The van der Waals surface area contributed by atoms with Crippen molar-refractivity contribution in [3.63, 3.8) is 0 Å². The van der Waals surface area contributed by atoms with Crippen LogP contribution in [0.4, 0.5) is 9.93 Å². The summed E-state index contributed by atoms with van der Waals surface area (Å²) < 4.78 is 5.20. The van der Waals surface area contributed by atoms with E-state index in [1.54, 1.807) is 31.1 Å². The molecule has 7 nitrogen and oxygen atoms in total. The summed E-state index contributed by atoms with van der Waals surface area (Å²) in [6.07, 6.45) is -0.0858. The number of nitrogens with zero attached hydrogens (tertiary/aromatic N) is 2. The number of thiazole rings is 1. The number of Topliss-reactive ketones (excluding diaryl/α,β-unsaturated/α-hetero) is 1. The summed E-state index contributed by atoms with van der Waals surface area (Å²) in [6, 6.07) is 0. The molecule has 2 heterocycles. The van der Waals surface area contributed by atoms with E-state index in [9.17, 15) is 14.4 Å². The van der Waals surface area contributed by atoms with Crippen molar-refractivity contribution in [1.29, 1.82) is 0 Å². The van der Waals surface area contributed by atoms with Crippen LogP contribution < -0.4 is 5.32 Å². The SMILES string of the molecule is CC(C)(C)OC(=O)Nc1nc(CC(=O)N2CCC(=O)C(C)(C)C2(C)C)cs1. The number of ketones is 1. The minimum Gasteiger partial charge on any atom is -0.444 e. The summed E-state index contributed by atoms with van der Waals surface area (Å²) in [5, 5.41) is 4.72. The lowest BCUT2D eigenvalue weighted by atomic mass is 9.67. The second kappa shape index (κ2) is 7.22. The number of piperidine rings is 1. The zero-order valence-electron chi connectivity index (χ0n) is 17.1. The van der Waals surface area contributed by atoms with E-state index in [4.69, 9.17) is 4.74 Å². The van der Waals surface area contributed by atoms with Crippen molar-refractivity contribution in [2.24, 2.45) is 5.41 Å². The van der Waals surface area contributed by atoms with E-state index in [2.05, 4.69) is 10.3 Å². The van der Waals surface area contributed by atoms with Gasteiger partial charge in [0.05, 0.1) is 12.1 Å². The number of rotatable bonds is 3. The van der Waals surface area contributed by atoms with E-state index in [1.165, 1.54) is 11.3 Å². The average Bonchev–Trinajstić information content (AvgIpc) is 2.90. The fourth-order valence-corrected chi connectivity index (χ4v) is 3.70. The molecule has 0 atom stereocenters. The molecule has 1 saturated heterocycles. The van der Waals surface area contributed by atoms with Crippen LogP contribution in [0.15, 0.2) is 5.38 Å². The lowest BCUT2D eigenvalue weighted by molar-refractivity contribution is -0.154. The quantitative estimate of drug-likeness (QED) is 0.844. The van der Waals surface area contributed by atoms with E-state index in [0.29, 0.717) is 23.8 Å². The van der Waals surface area contributed by atoms with Crippen molar-refractivity contribution < 1.29 is 19.1 Å². The third kappa shape index (κ3) is 4.66. The first kappa shape index (κ1) is 21.3. The van der Waals surface area contributed by atoms with Gasteiger partial charge in [-0.2, -0.15) is 0 Å². The number of hydrogen-bond donors (Lipinski definition) is 1. The summed E-state index contributed by atoms with van der Waals surface area (Å²) in [5.41, 5.74) is -1.19. The van der Waals surface area contributed by atoms with Crippen molar-refractivity contribution in [1.82, 2.24) is 9.88 Å². The van der Waals surface area contributed by atoms with E-state index in [-0.39, 0.29) is 18.1 Å². The maximum Gasteiger partial charge on any atom is 0.413 e. The molecule has 150 valence electrons. The first-order valence-corrected chi connectivity index (χ1v) is 9.90. The van der Waals surface area contributed by atoms with Gasteiger partial charge in [0, 0.05) is 29.3 Å². The van der Waals surface area contributed by atoms with Crippen LogP contribution in [0.3, 0.4) is 0 Å². The minimum absolute atomic E-state index is 0.0744. The topological polar surface area (TPSA) is 88.6 Å². The van der Waals surface area contributed by atoms with Gasteiger partial charge < -0.3 is 9.64 Å². The van der Waals surface area contributed by atoms with Gasteiger partial charge in [-0.05, 0) is 34.6 Å². The van der Waals surface area contributed by atoms with Crippen molar-refractivity contribution in [3.05, 3.63) is 11.1 Å². The van der Waals surface area contributed by atoms with Crippen molar-refractivity contribution in [3.8, 4) is 0 Å². The predicted molar refractivity (Wildman–Crippen MR) is 105 cm³/mol. The molecule has 0 saturated carbocycles. The number of hydrogen-bond acceptors (Lipinski definition) is 6. The predicted octanol–water partition coefficient (Wildman–Crippen LogP) is 3.64. The van der Waals surface area contributed by atoms with Crippen LogP contribution in [0.2, 0.25) is 0 Å². The molecule has 2 rings (SSSR count). The standard InChI is InChI=1S/C19H29N3O4S/c1-17(2,3)26-16(25)21-15-20-12(11-27-15)10-14(24)22-9-8-13(23)18(4,5)19(22,6)7/h11H,8-10H2,1-7H3,(H,20,21,25). The Balaban J connectivity index is 2.04. The van der Waals surface area contributed by atoms with E-state index in [1.807, 2.05) is 27.7 Å². The molecule has 1 fully saturated rings. The molecular formula is C19H29N3O4S. The summed E-state index contributed by atoms with van der Waals surface area (Å²) in [7, 11) is 0. The highest BCUT2D eigenvalue weighted by atomic mass is 32.1. The van der Waals surface area contributed by atoms with Gasteiger partial charge >= 0.3 is 6.09 Å². The number of carbonyl (C=O) groups excluding carboxylic acids is 3. The van der Waals surface area contributed by atoms with Gasteiger partial charge in [-0.25, -0.2) is 9.78 Å². The lowest BCUT2D eigenvalue weighted by Gasteiger charge is -2.52. The fourth-order valence-electron chi connectivity index (χ4n) is 3.01. The van der Waals surface area contributed by atoms with Crippen molar-refractivity contribution in [2.45, 2.75) is 72.4 Å². The highest BCUT2D eigenvalue weighted by Crippen LogP contribution is 2.41. The Labute approximate surface area is 164 Å². The molecule has 0 radical (unpaired) electrons. The van der Waals surface area contributed by atoms with Crippen molar-refractivity contribution >= 4 is 34.3 Å². The van der Waals surface area contributed by atoms with Gasteiger partial charge in [0.1, 0.15) is 11.4 Å². The van der Waals surface area contributed by atoms with Crippen molar-refractivity contribution in [2.75, 3.05) is 11.9 Å². The first-order valence-electron chi connectivity index (χ1n) is 9.02. The van der Waals surface area contributed by atoms with Gasteiger partial charge in [-0.1, -0.05) is 13.8 Å². The Bertz CT molecular complexity index is 746. The molecule has 8 heteroatoms.